The van der Waals surface area contributed by atoms with Gasteiger partial charge >= 0.3 is 5.97 Å². The van der Waals surface area contributed by atoms with Gasteiger partial charge < -0.3 is 19.5 Å². The van der Waals surface area contributed by atoms with Gasteiger partial charge in [0.25, 0.3) is 0 Å². The SMILES string of the molecule is CCOC(=O)c1ccc(NCc2c(Br)ccc(OC)c2OC(C)C)cc1. The number of ether oxygens (including phenoxy) is 3. The van der Waals surface area contributed by atoms with E-state index in [2.05, 4.69) is 21.2 Å². The lowest BCUT2D eigenvalue weighted by atomic mass is 10.1. The molecule has 6 heteroatoms. The molecular weight excluding hydrogens is 398 g/mol. The Morgan fingerprint density at radius 2 is 1.85 bits per heavy atom. The molecule has 0 atom stereocenters. The molecule has 0 radical (unpaired) electrons. The second-order valence-electron chi connectivity index (χ2n) is 5.88. The third kappa shape index (κ3) is 5.14. The average molecular weight is 422 g/mol. The highest BCUT2D eigenvalue weighted by atomic mass is 79.9. The van der Waals surface area contributed by atoms with Crippen LogP contribution in [0.25, 0.3) is 0 Å². The van der Waals surface area contributed by atoms with Crippen molar-refractivity contribution >= 4 is 27.6 Å². The van der Waals surface area contributed by atoms with E-state index in [-0.39, 0.29) is 12.1 Å². The van der Waals surface area contributed by atoms with Gasteiger partial charge in [-0.3, -0.25) is 0 Å². The van der Waals surface area contributed by atoms with Crippen LogP contribution in [0, 0.1) is 0 Å². The maximum Gasteiger partial charge on any atom is 0.338 e. The first-order valence-electron chi connectivity index (χ1n) is 8.49. The molecule has 0 spiro atoms. The number of halogens is 1. The van der Waals surface area contributed by atoms with E-state index >= 15 is 0 Å². The number of benzene rings is 2. The number of hydrogen-bond donors (Lipinski definition) is 1. The van der Waals surface area contributed by atoms with Crippen LogP contribution in [0.1, 0.15) is 36.7 Å². The summed E-state index contributed by atoms with van der Waals surface area (Å²) in [6.07, 6.45) is 0.0285. The summed E-state index contributed by atoms with van der Waals surface area (Å²) in [4.78, 5) is 11.7. The van der Waals surface area contributed by atoms with Crippen molar-refractivity contribution in [1.29, 1.82) is 0 Å². The summed E-state index contributed by atoms with van der Waals surface area (Å²) in [6.45, 7) is 6.65. The number of methoxy groups -OCH3 is 1. The van der Waals surface area contributed by atoms with E-state index in [1.54, 1.807) is 26.2 Å². The maximum atomic E-state index is 11.7. The third-order valence-corrected chi connectivity index (χ3v) is 4.35. The highest BCUT2D eigenvalue weighted by Gasteiger charge is 2.16. The van der Waals surface area contributed by atoms with Gasteiger partial charge in [-0.05, 0) is 57.2 Å². The lowest BCUT2D eigenvalue weighted by Crippen LogP contribution is -2.11. The van der Waals surface area contributed by atoms with E-state index in [0.29, 0.717) is 30.2 Å². The van der Waals surface area contributed by atoms with Crippen molar-refractivity contribution < 1.29 is 19.0 Å². The Balaban J connectivity index is 2.17. The van der Waals surface area contributed by atoms with Crippen LogP contribution in [0.4, 0.5) is 5.69 Å². The van der Waals surface area contributed by atoms with Gasteiger partial charge in [0, 0.05) is 22.3 Å². The summed E-state index contributed by atoms with van der Waals surface area (Å²) >= 11 is 3.59. The number of anilines is 1. The molecule has 26 heavy (non-hydrogen) atoms. The zero-order chi connectivity index (χ0) is 19.1. The van der Waals surface area contributed by atoms with Crippen molar-refractivity contribution in [3.63, 3.8) is 0 Å². The zero-order valence-corrected chi connectivity index (χ0v) is 17.1. The second kappa shape index (κ2) is 9.48. The van der Waals surface area contributed by atoms with Crippen LogP contribution in [-0.2, 0) is 11.3 Å². The van der Waals surface area contributed by atoms with Crippen molar-refractivity contribution in [2.45, 2.75) is 33.4 Å². The first-order chi connectivity index (χ1) is 12.5. The van der Waals surface area contributed by atoms with E-state index in [4.69, 9.17) is 14.2 Å². The summed E-state index contributed by atoms with van der Waals surface area (Å²) in [5.41, 5.74) is 2.39. The molecule has 0 bridgehead atoms. The Hall–Kier alpha value is -2.21. The predicted molar refractivity (Wildman–Crippen MR) is 106 cm³/mol. The molecule has 0 saturated heterocycles. The van der Waals surface area contributed by atoms with Crippen LogP contribution in [0.2, 0.25) is 0 Å². The molecule has 0 aliphatic carbocycles. The second-order valence-corrected chi connectivity index (χ2v) is 6.73. The monoisotopic (exact) mass is 421 g/mol. The molecule has 140 valence electrons. The van der Waals surface area contributed by atoms with Crippen molar-refractivity contribution in [3.05, 3.63) is 52.0 Å². The highest BCUT2D eigenvalue weighted by Crippen LogP contribution is 2.37. The molecule has 0 aliphatic rings. The molecular formula is C20H24BrNO4. The highest BCUT2D eigenvalue weighted by molar-refractivity contribution is 9.10. The van der Waals surface area contributed by atoms with E-state index in [1.165, 1.54) is 0 Å². The molecule has 0 amide bonds. The lowest BCUT2D eigenvalue weighted by Gasteiger charge is -2.19. The van der Waals surface area contributed by atoms with Crippen molar-refractivity contribution in [2.75, 3.05) is 19.0 Å². The first kappa shape index (κ1) is 20.1. The van der Waals surface area contributed by atoms with Gasteiger partial charge in [-0.1, -0.05) is 15.9 Å². The predicted octanol–water partition coefficient (Wildman–Crippen LogP) is 5.03. The van der Waals surface area contributed by atoms with E-state index in [9.17, 15) is 4.79 Å². The summed E-state index contributed by atoms with van der Waals surface area (Å²) in [5.74, 6) is 1.09. The minimum Gasteiger partial charge on any atom is -0.493 e. The van der Waals surface area contributed by atoms with Crippen LogP contribution in [0.3, 0.4) is 0 Å². The van der Waals surface area contributed by atoms with Gasteiger partial charge in [-0.25, -0.2) is 4.79 Å². The van der Waals surface area contributed by atoms with Crippen LogP contribution in [-0.4, -0.2) is 25.8 Å². The molecule has 0 heterocycles. The summed E-state index contributed by atoms with van der Waals surface area (Å²) in [7, 11) is 1.63. The fourth-order valence-electron chi connectivity index (χ4n) is 2.40. The Bertz CT molecular complexity index is 744. The minimum absolute atomic E-state index is 0.0285. The lowest BCUT2D eigenvalue weighted by molar-refractivity contribution is 0.0526. The number of hydrogen-bond acceptors (Lipinski definition) is 5. The standard InChI is InChI=1S/C20H24BrNO4/c1-5-25-20(23)14-6-8-15(9-7-14)22-12-16-17(21)10-11-18(24-4)19(16)26-13(2)3/h6-11,13,22H,5,12H2,1-4H3. The largest absolute Gasteiger partial charge is 0.493 e. The number of nitrogens with one attached hydrogen (secondary N) is 1. The molecule has 5 nitrogen and oxygen atoms in total. The molecule has 0 aliphatic heterocycles. The topological polar surface area (TPSA) is 56.8 Å². The molecule has 2 aromatic rings. The Morgan fingerprint density at radius 3 is 2.42 bits per heavy atom. The van der Waals surface area contributed by atoms with Crippen LogP contribution >= 0.6 is 15.9 Å². The Kier molecular flexibility index (Phi) is 7.33. The van der Waals surface area contributed by atoms with Crippen LogP contribution in [0.15, 0.2) is 40.9 Å². The Morgan fingerprint density at radius 1 is 1.15 bits per heavy atom. The smallest absolute Gasteiger partial charge is 0.338 e. The quantitative estimate of drug-likeness (QED) is 0.605. The van der Waals surface area contributed by atoms with Gasteiger partial charge in [0.05, 0.1) is 25.4 Å². The van der Waals surface area contributed by atoms with Gasteiger partial charge in [-0.2, -0.15) is 0 Å². The Labute approximate surface area is 162 Å². The number of carbonyl (C=O) groups is 1. The van der Waals surface area contributed by atoms with Crippen molar-refractivity contribution in [1.82, 2.24) is 0 Å². The van der Waals surface area contributed by atoms with Gasteiger partial charge in [0.1, 0.15) is 0 Å². The number of rotatable bonds is 8. The van der Waals surface area contributed by atoms with Crippen LogP contribution in [0.5, 0.6) is 11.5 Å². The average Bonchev–Trinajstić information content (AvgIpc) is 2.62. The van der Waals surface area contributed by atoms with Crippen molar-refractivity contribution in [3.8, 4) is 11.5 Å². The zero-order valence-electron chi connectivity index (χ0n) is 15.5. The summed E-state index contributed by atoms with van der Waals surface area (Å²) in [6, 6.07) is 11.0. The normalized spacial score (nSPS) is 10.5. The first-order valence-corrected chi connectivity index (χ1v) is 9.28. The molecule has 0 fully saturated rings. The van der Waals surface area contributed by atoms with Crippen molar-refractivity contribution in [2.24, 2.45) is 0 Å². The molecule has 0 saturated carbocycles. The molecule has 0 unspecified atom stereocenters. The third-order valence-electron chi connectivity index (χ3n) is 3.61. The fraction of sp³-hybridized carbons (Fsp3) is 0.350. The molecule has 2 rings (SSSR count). The van der Waals surface area contributed by atoms with E-state index < -0.39 is 0 Å². The van der Waals surface area contributed by atoms with E-state index in [0.717, 1.165) is 15.7 Å². The number of carbonyl (C=O) groups excluding carboxylic acids is 1. The van der Waals surface area contributed by atoms with Gasteiger partial charge in [0.15, 0.2) is 11.5 Å². The van der Waals surface area contributed by atoms with Crippen LogP contribution < -0.4 is 14.8 Å². The molecule has 0 aromatic heterocycles. The number of esters is 1. The van der Waals surface area contributed by atoms with E-state index in [1.807, 2.05) is 38.1 Å². The van der Waals surface area contributed by atoms with Gasteiger partial charge in [-0.15, -0.1) is 0 Å². The molecule has 2 aromatic carbocycles. The van der Waals surface area contributed by atoms with Gasteiger partial charge in [0.2, 0.25) is 0 Å². The summed E-state index contributed by atoms with van der Waals surface area (Å²) < 4.78 is 17.3. The fourth-order valence-corrected chi connectivity index (χ4v) is 2.85. The summed E-state index contributed by atoms with van der Waals surface area (Å²) in [5, 5.41) is 3.35. The molecule has 1 N–H and O–H groups in total. The maximum absolute atomic E-state index is 11.7. The minimum atomic E-state index is -0.317.